The normalized spacial score (nSPS) is 40.2. The zero-order valence-corrected chi connectivity index (χ0v) is 7.72. The molecule has 13 heavy (non-hydrogen) atoms. The summed E-state index contributed by atoms with van der Waals surface area (Å²) in [5, 5.41) is 18.8. The van der Waals surface area contributed by atoms with Crippen molar-refractivity contribution < 1.29 is 19.7 Å². The summed E-state index contributed by atoms with van der Waals surface area (Å²) in [4.78, 5) is 0. The molecule has 1 saturated heterocycles. The highest BCUT2D eigenvalue weighted by Gasteiger charge is 2.34. The van der Waals surface area contributed by atoms with Crippen LogP contribution in [-0.2, 0) is 9.47 Å². The average Bonchev–Trinajstić information content (AvgIpc) is 2.09. The van der Waals surface area contributed by atoms with E-state index in [0.29, 0.717) is 13.0 Å². The van der Waals surface area contributed by atoms with E-state index in [-0.39, 0.29) is 6.10 Å². The van der Waals surface area contributed by atoms with E-state index in [2.05, 4.69) is 6.58 Å². The molecular weight excluding hydrogens is 172 g/mol. The van der Waals surface area contributed by atoms with Crippen molar-refractivity contribution in [1.29, 1.82) is 0 Å². The Labute approximate surface area is 77.8 Å². The fraction of sp³-hybridized carbons (Fsp3) is 0.778. The molecule has 0 radical (unpaired) electrons. The summed E-state index contributed by atoms with van der Waals surface area (Å²) < 4.78 is 10.3. The Morgan fingerprint density at radius 3 is 2.92 bits per heavy atom. The van der Waals surface area contributed by atoms with Gasteiger partial charge in [0.15, 0.2) is 6.29 Å². The number of ether oxygens (including phenoxy) is 2. The van der Waals surface area contributed by atoms with Crippen molar-refractivity contribution in [1.82, 2.24) is 0 Å². The van der Waals surface area contributed by atoms with Crippen molar-refractivity contribution in [2.75, 3.05) is 6.61 Å². The third kappa shape index (κ3) is 2.77. The third-order valence-corrected chi connectivity index (χ3v) is 2.10. The van der Waals surface area contributed by atoms with Gasteiger partial charge < -0.3 is 19.7 Å². The Bertz CT molecular complexity index is 171. The van der Waals surface area contributed by atoms with Crippen LogP contribution in [0.25, 0.3) is 0 Å². The van der Waals surface area contributed by atoms with Crippen LogP contribution in [0.5, 0.6) is 0 Å². The van der Waals surface area contributed by atoms with E-state index in [1.807, 2.05) is 0 Å². The van der Waals surface area contributed by atoms with Gasteiger partial charge in [-0.3, -0.25) is 0 Å². The van der Waals surface area contributed by atoms with E-state index in [4.69, 9.17) is 9.47 Å². The van der Waals surface area contributed by atoms with Crippen LogP contribution in [0.3, 0.4) is 0 Å². The van der Waals surface area contributed by atoms with E-state index in [1.165, 1.54) is 0 Å². The fourth-order valence-electron chi connectivity index (χ4n) is 1.38. The van der Waals surface area contributed by atoms with Crippen LogP contribution in [-0.4, -0.2) is 41.4 Å². The first-order valence-corrected chi connectivity index (χ1v) is 4.39. The van der Waals surface area contributed by atoms with Crippen molar-refractivity contribution in [3.8, 4) is 0 Å². The molecule has 0 unspecified atom stereocenters. The Balaban J connectivity index is 2.45. The van der Waals surface area contributed by atoms with Crippen LogP contribution in [0.1, 0.15) is 13.3 Å². The van der Waals surface area contributed by atoms with Crippen molar-refractivity contribution in [2.45, 2.75) is 37.9 Å². The fourth-order valence-corrected chi connectivity index (χ4v) is 1.38. The first-order chi connectivity index (χ1) is 6.15. The summed E-state index contributed by atoms with van der Waals surface area (Å²) >= 11 is 0. The Hall–Kier alpha value is -0.420. The average molecular weight is 188 g/mol. The maximum Gasteiger partial charge on any atom is 0.157 e. The standard InChI is InChI=1S/C9H16O4/c1-3-4-12-7-5-8(10)13-6(2)9(7)11/h3,6-11H,1,4-5H2,2H3/t6-,7+,8+,9-/m0/s1. The molecule has 4 heteroatoms. The predicted molar refractivity (Wildman–Crippen MR) is 47.1 cm³/mol. The van der Waals surface area contributed by atoms with Crippen LogP contribution in [0.15, 0.2) is 12.7 Å². The van der Waals surface area contributed by atoms with Gasteiger partial charge in [0, 0.05) is 6.42 Å². The summed E-state index contributed by atoms with van der Waals surface area (Å²) in [5.41, 5.74) is 0. The topological polar surface area (TPSA) is 58.9 Å². The van der Waals surface area contributed by atoms with Gasteiger partial charge in [-0.2, -0.15) is 0 Å². The Morgan fingerprint density at radius 2 is 2.31 bits per heavy atom. The second kappa shape index (κ2) is 4.72. The lowest BCUT2D eigenvalue weighted by Crippen LogP contribution is -2.48. The smallest absolute Gasteiger partial charge is 0.157 e. The number of hydrogen-bond acceptors (Lipinski definition) is 4. The molecule has 0 aromatic carbocycles. The monoisotopic (exact) mass is 188 g/mol. The van der Waals surface area contributed by atoms with E-state index in [0.717, 1.165) is 0 Å². The highest BCUT2D eigenvalue weighted by molar-refractivity contribution is 4.82. The molecule has 0 aromatic heterocycles. The van der Waals surface area contributed by atoms with E-state index in [9.17, 15) is 10.2 Å². The summed E-state index contributed by atoms with van der Waals surface area (Å²) in [6.07, 6.45) is -0.356. The lowest BCUT2D eigenvalue weighted by molar-refractivity contribution is -0.234. The second-order valence-corrected chi connectivity index (χ2v) is 3.18. The zero-order valence-electron chi connectivity index (χ0n) is 7.72. The minimum absolute atomic E-state index is 0.305. The van der Waals surface area contributed by atoms with Gasteiger partial charge in [0.2, 0.25) is 0 Å². The van der Waals surface area contributed by atoms with Crippen LogP contribution < -0.4 is 0 Å². The van der Waals surface area contributed by atoms with Gasteiger partial charge in [0.05, 0.1) is 18.8 Å². The molecule has 0 aliphatic carbocycles. The molecule has 0 amide bonds. The van der Waals surface area contributed by atoms with Crippen LogP contribution >= 0.6 is 0 Å². The molecule has 4 atom stereocenters. The zero-order chi connectivity index (χ0) is 9.84. The van der Waals surface area contributed by atoms with E-state index < -0.39 is 18.5 Å². The minimum Gasteiger partial charge on any atom is -0.388 e. The second-order valence-electron chi connectivity index (χ2n) is 3.18. The van der Waals surface area contributed by atoms with Crippen molar-refractivity contribution in [3.63, 3.8) is 0 Å². The van der Waals surface area contributed by atoms with Gasteiger partial charge in [-0.15, -0.1) is 6.58 Å². The van der Waals surface area contributed by atoms with E-state index >= 15 is 0 Å². The lowest BCUT2D eigenvalue weighted by Gasteiger charge is -2.35. The van der Waals surface area contributed by atoms with E-state index in [1.54, 1.807) is 13.0 Å². The number of hydrogen-bond donors (Lipinski definition) is 2. The van der Waals surface area contributed by atoms with Gasteiger partial charge in [0.1, 0.15) is 6.10 Å². The van der Waals surface area contributed by atoms with Gasteiger partial charge in [0.25, 0.3) is 0 Å². The Kier molecular flexibility index (Phi) is 3.87. The molecule has 1 aliphatic rings. The summed E-state index contributed by atoms with van der Waals surface area (Å²) in [7, 11) is 0. The van der Waals surface area contributed by atoms with Gasteiger partial charge in [-0.05, 0) is 6.92 Å². The molecular formula is C9H16O4. The van der Waals surface area contributed by atoms with Gasteiger partial charge in [-0.25, -0.2) is 0 Å². The molecule has 2 N–H and O–H groups in total. The minimum atomic E-state index is -0.840. The predicted octanol–water partition coefficient (Wildman–Crippen LogP) is 0.0457. The Morgan fingerprint density at radius 1 is 1.62 bits per heavy atom. The van der Waals surface area contributed by atoms with Crippen molar-refractivity contribution in [2.24, 2.45) is 0 Å². The van der Waals surface area contributed by atoms with Crippen LogP contribution in [0.4, 0.5) is 0 Å². The molecule has 76 valence electrons. The molecule has 1 aliphatic heterocycles. The van der Waals surface area contributed by atoms with Gasteiger partial charge >= 0.3 is 0 Å². The number of aliphatic hydroxyl groups excluding tert-OH is 2. The maximum absolute atomic E-state index is 9.59. The first-order valence-electron chi connectivity index (χ1n) is 4.39. The summed E-state index contributed by atoms with van der Waals surface area (Å²) in [5.74, 6) is 0. The summed E-state index contributed by atoms with van der Waals surface area (Å²) in [6, 6.07) is 0. The van der Waals surface area contributed by atoms with Gasteiger partial charge in [-0.1, -0.05) is 6.08 Å². The molecule has 1 heterocycles. The highest BCUT2D eigenvalue weighted by atomic mass is 16.6. The largest absolute Gasteiger partial charge is 0.388 e. The molecule has 1 fully saturated rings. The molecule has 0 aromatic rings. The molecule has 1 rings (SSSR count). The molecule has 0 spiro atoms. The molecule has 4 nitrogen and oxygen atoms in total. The maximum atomic E-state index is 9.59. The molecule has 0 saturated carbocycles. The first kappa shape index (κ1) is 10.7. The quantitative estimate of drug-likeness (QED) is 0.614. The number of aliphatic hydroxyl groups is 2. The van der Waals surface area contributed by atoms with Crippen molar-refractivity contribution >= 4 is 0 Å². The lowest BCUT2D eigenvalue weighted by atomic mass is 10.0. The summed E-state index contributed by atoms with van der Waals surface area (Å²) in [6.45, 7) is 5.59. The van der Waals surface area contributed by atoms with Crippen molar-refractivity contribution in [3.05, 3.63) is 12.7 Å². The van der Waals surface area contributed by atoms with Crippen LogP contribution in [0, 0.1) is 0 Å². The molecule has 0 bridgehead atoms. The van der Waals surface area contributed by atoms with Crippen LogP contribution in [0.2, 0.25) is 0 Å². The SMILES string of the molecule is C=CCO[C@@H]1C[C@H](O)O[C@@H](C)[C@@H]1O. The highest BCUT2D eigenvalue weighted by Crippen LogP contribution is 2.21. The number of rotatable bonds is 3. The third-order valence-electron chi connectivity index (χ3n) is 2.10.